The fourth-order valence-corrected chi connectivity index (χ4v) is 6.10. The van der Waals surface area contributed by atoms with Gasteiger partial charge in [-0.05, 0) is 67.1 Å². The van der Waals surface area contributed by atoms with Crippen LogP contribution in [0.15, 0.2) is 53.4 Å². The maximum Gasteiger partial charge on any atom is 0.253 e. The predicted octanol–water partition coefficient (Wildman–Crippen LogP) is 4.62. The lowest BCUT2D eigenvalue weighted by Gasteiger charge is -2.31. The number of carbonyl (C=O) groups is 2. The Morgan fingerprint density at radius 2 is 1.58 bits per heavy atom. The van der Waals surface area contributed by atoms with E-state index in [-0.39, 0.29) is 34.5 Å². The largest absolute Gasteiger partial charge is 0.339 e. The highest BCUT2D eigenvalue weighted by Crippen LogP contribution is 2.24. The second-order valence-corrected chi connectivity index (χ2v) is 12.1. The first kappa shape index (κ1) is 27.8. The molecule has 2 amide bonds. The number of rotatable bonds is 9. The van der Waals surface area contributed by atoms with Crippen LogP contribution >= 0.6 is 0 Å². The van der Waals surface area contributed by atoms with Crippen LogP contribution in [-0.4, -0.2) is 55.6 Å². The molecule has 1 aliphatic rings. The number of amides is 2. The summed E-state index contributed by atoms with van der Waals surface area (Å²) in [5, 5.41) is 2.87. The normalized spacial score (nSPS) is 15.1. The number of hydrogen-bond donors (Lipinski definition) is 1. The third-order valence-corrected chi connectivity index (χ3v) is 7.97. The average Bonchev–Trinajstić information content (AvgIpc) is 2.83. The number of nitrogens with one attached hydrogen (secondary N) is 1. The van der Waals surface area contributed by atoms with Crippen molar-refractivity contribution in [1.29, 1.82) is 0 Å². The predicted molar refractivity (Wildman–Crippen MR) is 139 cm³/mol. The van der Waals surface area contributed by atoms with E-state index in [9.17, 15) is 22.4 Å². The summed E-state index contributed by atoms with van der Waals surface area (Å²) in [7, 11) is -3.64. The molecule has 1 N–H and O–H groups in total. The number of anilines is 1. The van der Waals surface area contributed by atoms with Crippen molar-refractivity contribution in [2.75, 3.05) is 31.5 Å². The Bertz CT molecular complexity index is 1150. The highest BCUT2D eigenvalue weighted by atomic mass is 32.2. The van der Waals surface area contributed by atoms with Gasteiger partial charge in [0, 0.05) is 43.3 Å². The molecule has 0 aromatic heterocycles. The van der Waals surface area contributed by atoms with Gasteiger partial charge in [-0.15, -0.1) is 0 Å². The van der Waals surface area contributed by atoms with Crippen molar-refractivity contribution in [1.82, 2.24) is 9.21 Å². The summed E-state index contributed by atoms with van der Waals surface area (Å²) in [6.07, 6.45) is 0.997. The van der Waals surface area contributed by atoms with Crippen LogP contribution in [0.1, 0.15) is 50.9 Å². The molecule has 0 spiro atoms. The summed E-state index contributed by atoms with van der Waals surface area (Å²) >= 11 is 0. The first-order chi connectivity index (χ1) is 17.0. The zero-order chi connectivity index (χ0) is 26.5. The topological polar surface area (TPSA) is 86.8 Å². The summed E-state index contributed by atoms with van der Waals surface area (Å²) in [6.45, 7) is 9.66. The number of carbonyl (C=O) groups excluding carboxylic acids is 2. The van der Waals surface area contributed by atoms with Gasteiger partial charge in [0.15, 0.2) is 0 Å². The molecule has 0 aliphatic carbocycles. The molecule has 0 saturated carbocycles. The van der Waals surface area contributed by atoms with Gasteiger partial charge >= 0.3 is 0 Å². The molecule has 1 aliphatic heterocycles. The summed E-state index contributed by atoms with van der Waals surface area (Å²) in [6, 6.07) is 11.9. The third kappa shape index (κ3) is 7.13. The van der Waals surface area contributed by atoms with Gasteiger partial charge in [-0.25, -0.2) is 12.8 Å². The summed E-state index contributed by atoms with van der Waals surface area (Å²) in [4.78, 5) is 27.2. The van der Waals surface area contributed by atoms with E-state index in [4.69, 9.17) is 0 Å². The van der Waals surface area contributed by atoms with Crippen LogP contribution in [0.2, 0.25) is 0 Å². The second-order valence-electron chi connectivity index (χ2n) is 10.2. The number of benzene rings is 2. The highest BCUT2D eigenvalue weighted by molar-refractivity contribution is 7.89. The summed E-state index contributed by atoms with van der Waals surface area (Å²) < 4.78 is 41.3. The van der Waals surface area contributed by atoms with Crippen LogP contribution in [0.25, 0.3) is 0 Å². The third-order valence-electron chi connectivity index (χ3n) is 6.12. The molecule has 36 heavy (non-hydrogen) atoms. The molecule has 9 heteroatoms. The number of nitrogens with zero attached hydrogens (tertiary/aromatic N) is 2. The molecule has 2 aromatic carbocycles. The van der Waals surface area contributed by atoms with Gasteiger partial charge in [0.1, 0.15) is 5.82 Å². The lowest BCUT2D eigenvalue weighted by atomic mass is 9.95. The fraction of sp³-hybridized carbons (Fsp3) is 0.481. The van der Waals surface area contributed by atoms with E-state index in [0.717, 1.165) is 0 Å². The molecular formula is C27H36FN3O4S. The minimum atomic E-state index is -3.64. The first-order valence-electron chi connectivity index (χ1n) is 12.4. The van der Waals surface area contributed by atoms with E-state index >= 15 is 0 Å². The summed E-state index contributed by atoms with van der Waals surface area (Å²) in [5.74, 6) is -0.724. The Balaban J connectivity index is 1.59. The highest BCUT2D eigenvalue weighted by Gasteiger charge is 2.29. The zero-order valence-corrected chi connectivity index (χ0v) is 22.2. The average molecular weight is 518 g/mol. The molecule has 2 aromatic rings. The van der Waals surface area contributed by atoms with E-state index in [0.29, 0.717) is 50.3 Å². The molecule has 0 unspecified atom stereocenters. The SMILES string of the molecule is CC(C)CN(CC(C)C)S(=O)(=O)c1ccc(NC(=O)C2CCN(C(=O)c3cccc(F)c3)CC2)cc1. The zero-order valence-electron chi connectivity index (χ0n) is 21.4. The van der Waals surface area contributed by atoms with Crippen molar-refractivity contribution in [2.45, 2.75) is 45.4 Å². The van der Waals surface area contributed by atoms with E-state index in [2.05, 4.69) is 5.32 Å². The Morgan fingerprint density at radius 3 is 2.11 bits per heavy atom. The molecule has 1 saturated heterocycles. The first-order valence-corrected chi connectivity index (χ1v) is 13.9. The van der Waals surface area contributed by atoms with Gasteiger partial charge < -0.3 is 10.2 Å². The van der Waals surface area contributed by atoms with Crippen molar-refractivity contribution in [3.8, 4) is 0 Å². The quantitative estimate of drug-likeness (QED) is 0.526. The van der Waals surface area contributed by atoms with Crippen molar-refractivity contribution >= 4 is 27.5 Å². The minimum Gasteiger partial charge on any atom is -0.339 e. The van der Waals surface area contributed by atoms with Crippen molar-refractivity contribution in [3.63, 3.8) is 0 Å². The Labute approximate surface area is 213 Å². The van der Waals surface area contributed by atoms with Crippen molar-refractivity contribution in [2.24, 2.45) is 17.8 Å². The molecular weight excluding hydrogens is 481 g/mol. The molecule has 7 nitrogen and oxygen atoms in total. The maximum atomic E-state index is 13.4. The van der Waals surface area contributed by atoms with E-state index in [1.807, 2.05) is 27.7 Å². The minimum absolute atomic E-state index is 0.162. The standard InChI is InChI=1S/C27H36FN3O4S/c1-19(2)17-31(18-20(3)4)36(34,35)25-10-8-24(9-11-25)29-26(32)21-12-14-30(15-13-21)27(33)22-6-5-7-23(28)16-22/h5-11,16,19-21H,12-15,17-18H2,1-4H3,(H,29,32). The van der Waals surface area contributed by atoms with Gasteiger partial charge in [0.05, 0.1) is 4.90 Å². The molecule has 3 rings (SSSR count). The number of hydrogen-bond acceptors (Lipinski definition) is 4. The lowest BCUT2D eigenvalue weighted by Crippen LogP contribution is -2.41. The number of piperidine rings is 1. The lowest BCUT2D eigenvalue weighted by molar-refractivity contribution is -0.121. The van der Waals surface area contributed by atoms with Crippen LogP contribution < -0.4 is 5.32 Å². The summed E-state index contributed by atoms with van der Waals surface area (Å²) in [5.41, 5.74) is 0.824. The fourth-order valence-electron chi connectivity index (χ4n) is 4.34. The Morgan fingerprint density at radius 1 is 1.00 bits per heavy atom. The smallest absolute Gasteiger partial charge is 0.253 e. The van der Waals surface area contributed by atoms with Gasteiger partial charge in [0.25, 0.3) is 5.91 Å². The van der Waals surface area contributed by atoms with E-state index in [1.54, 1.807) is 23.1 Å². The van der Waals surface area contributed by atoms with Gasteiger partial charge in [-0.2, -0.15) is 4.31 Å². The van der Waals surface area contributed by atoms with Gasteiger partial charge in [-0.3, -0.25) is 9.59 Å². The Hall–Kier alpha value is -2.78. The van der Waals surface area contributed by atoms with E-state index < -0.39 is 15.8 Å². The Kier molecular flexibility index (Phi) is 9.24. The van der Waals surface area contributed by atoms with Crippen molar-refractivity contribution in [3.05, 3.63) is 59.9 Å². The maximum absolute atomic E-state index is 13.4. The van der Waals surface area contributed by atoms with Crippen molar-refractivity contribution < 1.29 is 22.4 Å². The molecule has 0 bridgehead atoms. The van der Waals surface area contributed by atoms with Crippen LogP contribution in [0, 0.1) is 23.6 Å². The van der Waals surface area contributed by atoms with Gasteiger partial charge in [-0.1, -0.05) is 33.8 Å². The molecule has 0 radical (unpaired) electrons. The van der Waals surface area contributed by atoms with Crippen LogP contribution in [0.5, 0.6) is 0 Å². The van der Waals surface area contributed by atoms with E-state index in [1.165, 1.54) is 34.6 Å². The molecule has 196 valence electrons. The molecule has 1 fully saturated rings. The second kappa shape index (κ2) is 12.0. The number of halogens is 1. The molecule has 1 heterocycles. The van der Waals surface area contributed by atoms with Crippen LogP contribution in [0.3, 0.4) is 0 Å². The van der Waals surface area contributed by atoms with Crippen LogP contribution in [0.4, 0.5) is 10.1 Å². The number of sulfonamides is 1. The molecule has 0 atom stereocenters. The van der Waals surface area contributed by atoms with Crippen LogP contribution in [-0.2, 0) is 14.8 Å². The number of likely N-dealkylation sites (tertiary alicyclic amines) is 1. The van der Waals surface area contributed by atoms with Gasteiger partial charge in [0.2, 0.25) is 15.9 Å². The monoisotopic (exact) mass is 517 g/mol.